The third-order valence-electron chi connectivity index (χ3n) is 2.71. The smallest absolute Gasteiger partial charge is 0.335 e. The van der Waals surface area contributed by atoms with Crippen LogP contribution in [0.15, 0.2) is 48.5 Å². The van der Waals surface area contributed by atoms with Crippen molar-refractivity contribution in [3.05, 3.63) is 71.1 Å². The van der Waals surface area contributed by atoms with Crippen molar-refractivity contribution < 1.29 is 9.90 Å². The van der Waals surface area contributed by atoms with Gasteiger partial charge in [-0.1, -0.05) is 36.4 Å². The molecule has 0 spiro atoms. The molecule has 88 valence electrons. The monoisotopic (exact) mass is 237 g/mol. The molecule has 18 heavy (non-hydrogen) atoms. The predicted octanol–water partition coefficient (Wildman–Crippen LogP) is 3.47. The van der Waals surface area contributed by atoms with Crippen LogP contribution in [0.5, 0.6) is 0 Å². The van der Waals surface area contributed by atoms with Crippen molar-refractivity contribution in [2.24, 2.45) is 0 Å². The molecule has 0 amide bonds. The molecular weight excluding hydrogens is 226 g/mol. The van der Waals surface area contributed by atoms with Crippen molar-refractivity contribution in [2.45, 2.75) is 6.54 Å². The van der Waals surface area contributed by atoms with Gasteiger partial charge in [0.15, 0.2) is 0 Å². The van der Waals surface area contributed by atoms with E-state index in [0.717, 1.165) is 16.7 Å². The molecule has 0 aliphatic rings. The summed E-state index contributed by atoms with van der Waals surface area (Å²) in [5, 5.41) is 8.85. The molecule has 2 aromatic carbocycles. The molecule has 2 aromatic rings. The summed E-state index contributed by atoms with van der Waals surface area (Å²) in [7, 11) is 0. The molecule has 3 heteroatoms. The molecule has 3 nitrogen and oxygen atoms in total. The number of hydrogen-bond acceptors (Lipinski definition) is 1. The minimum Gasteiger partial charge on any atom is -0.478 e. The van der Waals surface area contributed by atoms with Crippen LogP contribution in [0.25, 0.3) is 16.0 Å². The Kier molecular flexibility index (Phi) is 3.40. The van der Waals surface area contributed by atoms with Crippen molar-refractivity contribution in [2.75, 3.05) is 0 Å². The molecule has 0 saturated heterocycles. The van der Waals surface area contributed by atoms with Gasteiger partial charge in [-0.25, -0.2) is 11.4 Å². The lowest BCUT2D eigenvalue weighted by Crippen LogP contribution is -1.95. The first-order chi connectivity index (χ1) is 8.72. The van der Waals surface area contributed by atoms with Crippen molar-refractivity contribution in [3.8, 4) is 11.1 Å². The van der Waals surface area contributed by atoms with Gasteiger partial charge in [0.05, 0.1) is 5.56 Å². The number of carboxylic acid groups (broad SMARTS) is 1. The van der Waals surface area contributed by atoms with Crippen LogP contribution in [0, 0.1) is 6.57 Å². The van der Waals surface area contributed by atoms with E-state index in [0.29, 0.717) is 6.54 Å². The average Bonchev–Trinajstić information content (AvgIpc) is 2.40. The Labute approximate surface area is 105 Å². The number of nitrogens with zero attached hydrogens (tertiary/aromatic N) is 1. The van der Waals surface area contributed by atoms with E-state index in [1.54, 1.807) is 24.3 Å². The summed E-state index contributed by atoms with van der Waals surface area (Å²) in [6.07, 6.45) is 0. The standard InChI is InChI=1S/C15H11NO2/c1-16-10-13-4-2-3-5-14(13)11-6-8-12(9-7-11)15(17)18/h2-9H,10H2,(H,17,18). The van der Waals surface area contributed by atoms with Crippen molar-refractivity contribution in [3.63, 3.8) is 0 Å². The van der Waals surface area contributed by atoms with E-state index in [9.17, 15) is 4.79 Å². The highest BCUT2D eigenvalue weighted by molar-refractivity contribution is 5.88. The number of rotatable bonds is 3. The predicted molar refractivity (Wildman–Crippen MR) is 69.1 cm³/mol. The summed E-state index contributed by atoms with van der Waals surface area (Å²) in [4.78, 5) is 14.2. The highest BCUT2D eigenvalue weighted by Crippen LogP contribution is 2.24. The Hall–Kier alpha value is -2.60. The van der Waals surface area contributed by atoms with Gasteiger partial charge in [0.1, 0.15) is 0 Å². The van der Waals surface area contributed by atoms with E-state index in [2.05, 4.69) is 4.85 Å². The van der Waals surface area contributed by atoms with Crippen LogP contribution in [0.1, 0.15) is 15.9 Å². The van der Waals surface area contributed by atoms with Gasteiger partial charge in [0.25, 0.3) is 0 Å². The lowest BCUT2D eigenvalue weighted by molar-refractivity contribution is 0.0697. The Morgan fingerprint density at radius 2 is 1.78 bits per heavy atom. The zero-order valence-electron chi connectivity index (χ0n) is 9.63. The third-order valence-corrected chi connectivity index (χ3v) is 2.71. The fraction of sp³-hybridized carbons (Fsp3) is 0.0667. The maximum absolute atomic E-state index is 10.8. The summed E-state index contributed by atoms with van der Waals surface area (Å²) in [5.74, 6) is -0.934. The van der Waals surface area contributed by atoms with E-state index < -0.39 is 5.97 Å². The number of benzene rings is 2. The van der Waals surface area contributed by atoms with Gasteiger partial charge in [-0.15, -0.1) is 0 Å². The number of carbonyl (C=O) groups is 1. The second-order valence-corrected chi connectivity index (χ2v) is 3.86. The van der Waals surface area contributed by atoms with Crippen LogP contribution < -0.4 is 0 Å². The first-order valence-electron chi connectivity index (χ1n) is 5.47. The van der Waals surface area contributed by atoms with E-state index in [1.165, 1.54) is 0 Å². The van der Waals surface area contributed by atoms with E-state index in [1.807, 2.05) is 24.3 Å². The second kappa shape index (κ2) is 5.15. The first-order valence-corrected chi connectivity index (χ1v) is 5.47. The zero-order chi connectivity index (χ0) is 13.0. The molecule has 0 aromatic heterocycles. The number of aromatic carboxylic acids is 1. The second-order valence-electron chi connectivity index (χ2n) is 3.86. The Morgan fingerprint density at radius 3 is 2.39 bits per heavy atom. The molecule has 0 bridgehead atoms. The van der Waals surface area contributed by atoms with E-state index >= 15 is 0 Å². The van der Waals surface area contributed by atoms with Gasteiger partial charge in [-0.3, -0.25) is 0 Å². The van der Waals surface area contributed by atoms with Crippen molar-refractivity contribution >= 4 is 5.97 Å². The minimum atomic E-state index is -0.934. The molecular formula is C15H11NO2. The van der Waals surface area contributed by atoms with Crippen LogP contribution in [-0.4, -0.2) is 11.1 Å². The Balaban J connectivity index is 2.43. The molecule has 2 rings (SSSR count). The van der Waals surface area contributed by atoms with Gasteiger partial charge in [-0.05, 0) is 23.3 Å². The lowest BCUT2D eigenvalue weighted by Gasteiger charge is -2.05. The molecule has 0 radical (unpaired) electrons. The highest BCUT2D eigenvalue weighted by atomic mass is 16.4. The van der Waals surface area contributed by atoms with Gasteiger partial charge in [-0.2, -0.15) is 0 Å². The van der Waals surface area contributed by atoms with Gasteiger partial charge in [0, 0.05) is 5.56 Å². The minimum absolute atomic E-state index is 0.265. The topological polar surface area (TPSA) is 41.7 Å². The molecule has 0 unspecified atom stereocenters. The largest absolute Gasteiger partial charge is 0.478 e. The van der Waals surface area contributed by atoms with Crippen molar-refractivity contribution in [1.82, 2.24) is 0 Å². The molecule has 0 saturated carbocycles. The average molecular weight is 237 g/mol. The fourth-order valence-electron chi connectivity index (χ4n) is 1.82. The molecule has 0 aliphatic heterocycles. The zero-order valence-corrected chi connectivity index (χ0v) is 9.63. The van der Waals surface area contributed by atoms with Crippen LogP contribution in [0.2, 0.25) is 0 Å². The third kappa shape index (κ3) is 2.38. The summed E-state index contributed by atoms with van der Waals surface area (Å²) in [6, 6.07) is 14.4. The quantitative estimate of drug-likeness (QED) is 0.830. The first kappa shape index (κ1) is 11.9. The van der Waals surface area contributed by atoms with Crippen LogP contribution in [-0.2, 0) is 6.54 Å². The number of carboxylic acids is 1. The number of hydrogen-bond donors (Lipinski definition) is 1. The summed E-state index contributed by atoms with van der Waals surface area (Å²) >= 11 is 0. The highest BCUT2D eigenvalue weighted by Gasteiger charge is 2.07. The van der Waals surface area contributed by atoms with Crippen LogP contribution in [0.3, 0.4) is 0 Å². The van der Waals surface area contributed by atoms with Crippen LogP contribution >= 0.6 is 0 Å². The normalized spacial score (nSPS) is 9.72. The van der Waals surface area contributed by atoms with E-state index in [-0.39, 0.29) is 5.56 Å². The fourth-order valence-corrected chi connectivity index (χ4v) is 1.82. The molecule has 1 N–H and O–H groups in total. The molecule has 0 atom stereocenters. The lowest BCUT2D eigenvalue weighted by atomic mass is 9.99. The SMILES string of the molecule is [C-]#[N+]Cc1ccccc1-c1ccc(C(=O)O)cc1. The van der Waals surface area contributed by atoms with Gasteiger partial charge < -0.3 is 9.95 Å². The maximum Gasteiger partial charge on any atom is 0.335 e. The van der Waals surface area contributed by atoms with Crippen molar-refractivity contribution in [1.29, 1.82) is 0 Å². The van der Waals surface area contributed by atoms with Crippen LogP contribution in [0.4, 0.5) is 0 Å². The summed E-state index contributed by atoms with van der Waals surface area (Å²) < 4.78 is 0. The van der Waals surface area contributed by atoms with Gasteiger partial charge in [0.2, 0.25) is 6.54 Å². The van der Waals surface area contributed by atoms with Gasteiger partial charge >= 0.3 is 5.97 Å². The molecule has 0 heterocycles. The van der Waals surface area contributed by atoms with E-state index in [4.69, 9.17) is 11.7 Å². The summed E-state index contributed by atoms with van der Waals surface area (Å²) in [6.45, 7) is 7.27. The molecule has 0 aliphatic carbocycles. The Bertz CT molecular complexity index is 609. The Morgan fingerprint density at radius 1 is 1.11 bits per heavy atom. The molecule has 0 fully saturated rings. The summed E-state index contributed by atoms with van der Waals surface area (Å²) in [5.41, 5.74) is 3.13. The maximum atomic E-state index is 10.8.